The number of methoxy groups -OCH3 is 2. The van der Waals surface area contributed by atoms with Crippen molar-refractivity contribution in [1.29, 1.82) is 0 Å². The molecule has 0 spiro atoms. The SMILES string of the molecule is CCC(c1ccc(OCOC)cc1)C(CC)c1ccc(OCOC)c(NC(=O)C(CC(P(=O)(OC)OC)P(=O)(OC)OC)O[Si](C)(C)C)c1. The van der Waals surface area contributed by atoms with Crippen LogP contribution in [0.15, 0.2) is 42.5 Å². The van der Waals surface area contributed by atoms with Crippen molar-refractivity contribution in [3.8, 4) is 11.5 Å². The van der Waals surface area contributed by atoms with Gasteiger partial charge < -0.3 is 46.8 Å². The summed E-state index contributed by atoms with van der Waals surface area (Å²) in [7, 11) is -2.88. The average molecular weight is 748 g/mol. The zero-order valence-corrected chi connectivity index (χ0v) is 33.5. The molecule has 0 aliphatic rings. The van der Waals surface area contributed by atoms with E-state index in [1.807, 2.05) is 43.9 Å². The van der Waals surface area contributed by atoms with Crippen LogP contribution < -0.4 is 14.8 Å². The Morgan fingerprint density at radius 1 is 0.735 bits per heavy atom. The molecule has 3 atom stereocenters. The predicted molar refractivity (Wildman–Crippen MR) is 192 cm³/mol. The molecule has 0 saturated carbocycles. The summed E-state index contributed by atoms with van der Waals surface area (Å²) in [6.07, 6.45) is 0.104. The second kappa shape index (κ2) is 20.1. The number of carbonyl (C=O) groups excluding carboxylic acids is 1. The summed E-state index contributed by atoms with van der Waals surface area (Å²) in [5.41, 5.74) is 2.53. The van der Waals surface area contributed by atoms with E-state index in [0.29, 0.717) is 11.4 Å². The lowest BCUT2D eigenvalue weighted by atomic mass is 9.78. The maximum absolute atomic E-state index is 14.2. The predicted octanol–water partition coefficient (Wildman–Crippen LogP) is 8.19. The van der Waals surface area contributed by atoms with Gasteiger partial charge in [0.15, 0.2) is 27.3 Å². The molecule has 0 aliphatic heterocycles. The second-order valence-corrected chi connectivity index (χ2v) is 21.9. The monoisotopic (exact) mass is 747 g/mol. The van der Waals surface area contributed by atoms with Crippen molar-refractivity contribution in [3.05, 3.63) is 53.6 Å². The molecule has 49 heavy (non-hydrogen) atoms. The Balaban J connectivity index is 2.58. The standard InChI is InChI=1S/C33H55NO12P2Si/c1-12-27(24-14-17-26(18-15-24)44-22-38-3)28(13-2)25-16-19-30(45-23-39-4)29(20-25)34-33(35)31(46-49(9,10)11)21-32(47(36,40-5)41-6)48(37,42-7)43-8/h14-20,27-28,31-32H,12-13,21-23H2,1-11H3,(H,34,35). The molecular weight excluding hydrogens is 692 g/mol. The second-order valence-electron chi connectivity index (χ2n) is 12.2. The van der Waals surface area contributed by atoms with E-state index in [9.17, 15) is 13.9 Å². The third-order valence-corrected chi connectivity index (χ3v) is 14.6. The number of benzene rings is 2. The summed E-state index contributed by atoms with van der Waals surface area (Å²) in [6.45, 7) is 10.1. The molecule has 2 aromatic rings. The number of ether oxygens (including phenoxy) is 4. The van der Waals surface area contributed by atoms with E-state index < -0.39 is 40.9 Å². The van der Waals surface area contributed by atoms with Crippen LogP contribution in [0.3, 0.4) is 0 Å². The van der Waals surface area contributed by atoms with Crippen molar-refractivity contribution in [3.63, 3.8) is 0 Å². The van der Waals surface area contributed by atoms with Crippen LogP contribution in [0, 0.1) is 0 Å². The van der Waals surface area contributed by atoms with Crippen LogP contribution in [-0.4, -0.2) is 82.0 Å². The molecule has 13 nitrogen and oxygen atoms in total. The third kappa shape index (κ3) is 12.0. The fourth-order valence-electron chi connectivity index (χ4n) is 5.67. The molecule has 0 saturated heterocycles. The summed E-state index contributed by atoms with van der Waals surface area (Å²) in [4.78, 5) is 14.2. The fourth-order valence-corrected chi connectivity index (χ4v) is 11.4. The average Bonchev–Trinajstić information content (AvgIpc) is 3.09. The van der Waals surface area contributed by atoms with E-state index in [-0.39, 0.29) is 31.8 Å². The van der Waals surface area contributed by atoms with Gasteiger partial charge in [0.25, 0.3) is 5.91 Å². The van der Waals surface area contributed by atoms with Gasteiger partial charge in [0, 0.05) is 49.1 Å². The maximum Gasteiger partial charge on any atom is 0.345 e. The van der Waals surface area contributed by atoms with Crippen molar-refractivity contribution in [2.45, 2.75) is 76.1 Å². The molecule has 1 N–H and O–H groups in total. The molecule has 0 fully saturated rings. The number of amides is 1. The molecule has 0 aromatic heterocycles. The summed E-state index contributed by atoms with van der Waals surface area (Å²) in [5.74, 6) is 0.772. The smallest absolute Gasteiger partial charge is 0.345 e. The van der Waals surface area contributed by atoms with Gasteiger partial charge in [-0.2, -0.15) is 0 Å². The number of nitrogens with one attached hydrogen (secondary N) is 1. The topological polar surface area (TPSA) is 146 Å². The van der Waals surface area contributed by atoms with Crippen molar-refractivity contribution in [1.82, 2.24) is 0 Å². The zero-order chi connectivity index (χ0) is 36.8. The van der Waals surface area contributed by atoms with E-state index in [2.05, 4.69) is 31.3 Å². The Kier molecular flexibility index (Phi) is 17.6. The van der Waals surface area contributed by atoms with Crippen molar-refractivity contribution in [2.24, 2.45) is 0 Å². The highest BCUT2D eigenvalue weighted by molar-refractivity contribution is 7.72. The fraction of sp³-hybridized carbons (Fsp3) is 0.606. The van der Waals surface area contributed by atoms with Crippen LogP contribution in [-0.2, 0) is 45.9 Å². The van der Waals surface area contributed by atoms with Gasteiger partial charge >= 0.3 is 15.2 Å². The molecule has 0 radical (unpaired) electrons. The summed E-state index contributed by atoms with van der Waals surface area (Å²) in [6, 6.07) is 13.7. The molecule has 278 valence electrons. The molecule has 0 heterocycles. The first-order valence-electron chi connectivity index (χ1n) is 16.1. The minimum absolute atomic E-state index is 0.0544. The Bertz CT molecular complexity index is 1360. The van der Waals surface area contributed by atoms with Gasteiger partial charge in [-0.25, -0.2) is 0 Å². The first-order valence-corrected chi connectivity index (χ1v) is 22.7. The largest absolute Gasteiger partial charge is 0.468 e. The van der Waals surface area contributed by atoms with Gasteiger partial charge in [0.1, 0.15) is 17.6 Å². The summed E-state index contributed by atoms with van der Waals surface area (Å²) < 4.78 is 76.2. The molecule has 1 amide bonds. The number of carbonyl (C=O) groups is 1. The van der Waals surface area contributed by atoms with E-state index in [4.69, 9.17) is 41.5 Å². The van der Waals surface area contributed by atoms with Crippen LogP contribution in [0.1, 0.15) is 56.1 Å². The van der Waals surface area contributed by atoms with Gasteiger partial charge in [0.05, 0.1) is 5.69 Å². The Morgan fingerprint density at radius 2 is 1.22 bits per heavy atom. The highest BCUT2D eigenvalue weighted by Crippen LogP contribution is 2.70. The summed E-state index contributed by atoms with van der Waals surface area (Å²) in [5, 5.41) is 1.51. The highest BCUT2D eigenvalue weighted by Gasteiger charge is 2.51. The quantitative estimate of drug-likeness (QED) is 0.0664. The van der Waals surface area contributed by atoms with Crippen LogP contribution in [0.5, 0.6) is 11.5 Å². The Hall–Kier alpha value is -2.09. The van der Waals surface area contributed by atoms with E-state index in [1.54, 1.807) is 13.2 Å². The lowest BCUT2D eigenvalue weighted by molar-refractivity contribution is -0.123. The molecule has 3 unspecified atom stereocenters. The molecule has 2 aromatic carbocycles. The van der Waals surface area contributed by atoms with Crippen molar-refractivity contribution < 1.29 is 55.4 Å². The van der Waals surface area contributed by atoms with Crippen LogP contribution in [0.4, 0.5) is 5.69 Å². The Labute approximate surface area is 292 Å². The highest BCUT2D eigenvalue weighted by atomic mass is 31.2. The number of rotatable bonds is 23. The molecule has 0 bridgehead atoms. The van der Waals surface area contributed by atoms with E-state index in [0.717, 1.165) is 29.7 Å². The zero-order valence-electron chi connectivity index (χ0n) is 30.7. The van der Waals surface area contributed by atoms with Crippen molar-refractivity contribution in [2.75, 3.05) is 61.6 Å². The van der Waals surface area contributed by atoms with Crippen molar-refractivity contribution >= 4 is 35.1 Å². The van der Waals surface area contributed by atoms with Crippen LogP contribution in [0.25, 0.3) is 0 Å². The first kappa shape index (κ1) is 43.1. The Morgan fingerprint density at radius 3 is 1.69 bits per heavy atom. The van der Waals surface area contributed by atoms with Crippen LogP contribution in [0.2, 0.25) is 19.6 Å². The summed E-state index contributed by atoms with van der Waals surface area (Å²) >= 11 is 0. The third-order valence-electron chi connectivity index (χ3n) is 8.00. The van der Waals surface area contributed by atoms with E-state index in [1.165, 1.54) is 35.5 Å². The number of hydrogen-bond acceptors (Lipinski definition) is 12. The van der Waals surface area contributed by atoms with Gasteiger partial charge in [-0.15, -0.1) is 0 Å². The number of anilines is 1. The van der Waals surface area contributed by atoms with Gasteiger partial charge in [-0.05, 0) is 79.7 Å². The minimum atomic E-state index is -4.10. The van der Waals surface area contributed by atoms with Gasteiger partial charge in [-0.3, -0.25) is 13.9 Å². The molecule has 2 rings (SSSR count). The maximum atomic E-state index is 14.2. The van der Waals surface area contributed by atoms with Gasteiger partial charge in [-0.1, -0.05) is 32.0 Å². The normalized spacial score (nSPS) is 14.4. The van der Waals surface area contributed by atoms with Crippen LogP contribution >= 0.6 is 15.2 Å². The molecule has 0 aliphatic carbocycles. The molecular formula is C33H55NO12P2Si. The number of hydrogen-bond donors (Lipinski definition) is 1. The van der Waals surface area contributed by atoms with Gasteiger partial charge in [0.2, 0.25) is 0 Å². The lowest BCUT2D eigenvalue weighted by Crippen LogP contribution is -2.41. The minimum Gasteiger partial charge on any atom is -0.468 e. The first-order chi connectivity index (χ1) is 23.2. The van der Waals surface area contributed by atoms with E-state index >= 15 is 0 Å². The lowest BCUT2D eigenvalue weighted by Gasteiger charge is -2.33. The molecule has 16 heteroatoms.